The van der Waals surface area contributed by atoms with Crippen LogP contribution in [0, 0.1) is 0 Å². The van der Waals surface area contributed by atoms with Gasteiger partial charge in [0.2, 0.25) is 0 Å². The monoisotopic (exact) mass is 1360 g/mol. The van der Waals surface area contributed by atoms with E-state index in [2.05, 4.69) is 58.9 Å². The highest BCUT2D eigenvalue weighted by Crippen LogP contribution is 2.29. The maximum Gasteiger partial charge on any atom is 0.339 e. The largest absolute Gasteiger partial charge is 0.462 e. The Hall–Kier alpha value is -4.58. The first-order chi connectivity index (χ1) is 47.6. The summed E-state index contributed by atoms with van der Waals surface area (Å²) in [5.74, 6) is -2.54. The number of ether oxygens (including phenoxy) is 4. The molecule has 0 radical (unpaired) electrons. The predicted octanol–water partition coefficient (Wildman–Crippen LogP) is 24.6. The van der Waals surface area contributed by atoms with Crippen LogP contribution in [0.5, 0.6) is 0 Å². The molecule has 11 nitrogen and oxygen atoms in total. The van der Waals surface area contributed by atoms with E-state index in [0.717, 1.165) is 103 Å². The standard InChI is InChI=1S/C61H100O9.C14H30O.C11H16O/c1-5-9-13-17-21-25-29-33-37-45-67-58(63)53-43-41-51(49-55(53)60(65)69-47-39-35-31-27-23-19-15-11-7-3)57(62)52-42-44-54(59(64)68-46-38-34-30-26-22-18-14-10-6-2)56(50-52)61(66)70-48-40-36-32-28-24-20-16-12-8-4;1-2-3-4-5-6-7-8-9-10-11-12-13-14-15;12-10-6-2-5-9-11-7-3-1-4-8-11/h41-44,49-50,57,62H,5-40,45-48H2,1-4H3;15H,2-14H2,1H3;1,3-4,7-8,12H,2,5-6,9-10H2. The van der Waals surface area contributed by atoms with Gasteiger partial charge in [-0.25, -0.2) is 19.2 Å². The molecule has 0 bridgehead atoms. The van der Waals surface area contributed by atoms with Gasteiger partial charge in [-0.1, -0.05) is 360 Å². The Kier molecular flexibility index (Phi) is 63.9. The van der Waals surface area contributed by atoms with Crippen LogP contribution < -0.4 is 0 Å². The number of hydrogen-bond donors (Lipinski definition) is 3. The number of hydrogen-bond acceptors (Lipinski definition) is 11. The lowest BCUT2D eigenvalue weighted by Gasteiger charge is -2.17. The Balaban J connectivity index is 0.00000143. The third-order valence-electron chi connectivity index (χ3n) is 18.5. The molecule has 0 atom stereocenters. The number of esters is 4. The lowest BCUT2D eigenvalue weighted by atomic mass is 9.94. The molecule has 0 heterocycles. The van der Waals surface area contributed by atoms with Gasteiger partial charge in [0, 0.05) is 13.2 Å². The molecule has 0 amide bonds. The minimum absolute atomic E-state index is 0.0156. The van der Waals surface area contributed by atoms with Crippen molar-refractivity contribution in [3.63, 3.8) is 0 Å². The Labute approximate surface area is 594 Å². The first-order valence-electron chi connectivity index (χ1n) is 40.5. The zero-order valence-electron chi connectivity index (χ0n) is 63.0. The van der Waals surface area contributed by atoms with Crippen molar-refractivity contribution in [1.29, 1.82) is 0 Å². The topological polar surface area (TPSA) is 166 Å². The van der Waals surface area contributed by atoms with Crippen LogP contribution in [0.2, 0.25) is 0 Å². The average Bonchev–Trinajstić information content (AvgIpc) is 0.808. The highest BCUT2D eigenvalue weighted by Gasteiger charge is 2.26. The van der Waals surface area contributed by atoms with Gasteiger partial charge in [0.25, 0.3) is 0 Å². The number of aliphatic hydroxyl groups excluding tert-OH is 3. The fourth-order valence-electron chi connectivity index (χ4n) is 12.2. The van der Waals surface area contributed by atoms with Gasteiger partial charge in [0.15, 0.2) is 0 Å². The fourth-order valence-corrected chi connectivity index (χ4v) is 12.2. The van der Waals surface area contributed by atoms with Gasteiger partial charge in [-0.3, -0.25) is 0 Å². The molecule has 0 spiro atoms. The van der Waals surface area contributed by atoms with Crippen LogP contribution in [0.3, 0.4) is 0 Å². The molecule has 0 aliphatic heterocycles. The second-order valence-corrected chi connectivity index (χ2v) is 27.5. The van der Waals surface area contributed by atoms with Gasteiger partial charge in [0.05, 0.1) is 48.7 Å². The van der Waals surface area contributed by atoms with Crippen LogP contribution in [0.25, 0.3) is 0 Å². The molecule has 97 heavy (non-hydrogen) atoms. The molecule has 0 saturated heterocycles. The SMILES string of the molecule is CCCCCCCCCCCCCCO.CCCCCCCCCCCOC(=O)c1ccc(C(O)c2ccc(C(=O)OCCCCCCCCCCC)c(C(=O)OCCCCCCCCCCC)c2)cc1C(=O)OCCCCCCCCCCC.OCCCCCc1ccccc1. The number of aryl methyl sites for hydroxylation is 1. The predicted molar refractivity (Wildman–Crippen MR) is 406 cm³/mol. The fraction of sp³-hybridized carbons (Fsp3) is 0.744. The third-order valence-corrected chi connectivity index (χ3v) is 18.5. The Morgan fingerprint density at radius 3 is 0.763 bits per heavy atom. The average molecular weight is 1360 g/mol. The van der Waals surface area contributed by atoms with Crippen molar-refractivity contribution in [1.82, 2.24) is 0 Å². The van der Waals surface area contributed by atoms with E-state index in [-0.39, 0.29) is 48.7 Å². The maximum absolute atomic E-state index is 13.7. The van der Waals surface area contributed by atoms with Crippen molar-refractivity contribution in [3.05, 3.63) is 106 Å². The molecule has 0 aliphatic carbocycles. The van der Waals surface area contributed by atoms with Gasteiger partial charge in [-0.15, -0.1) is 0 Å². The van der Waals surface area contributed by atoms with Gasteiger partial charge in [-0.2, -0.15) is 0 Å². The first-order valence-corrected chi connectivity index (χ1v) is 40.5. The van der Waals surface area contributed by atoms with Crippen molar-refractivity contribution >= 4 is 23.9 Å². The highest BCUT2D eigenvalue weighted by molar-refractivity contribution is 6.04. The lowest BCUT2D eigenvalue weighted by molar-refractivity contribution is 0.0449. The van der Waals surface area contributed by atoms with Crippen LogP contribution >= 0.6 is 0 Å². The van der Waals surface area contributed by atoms with Crippen LogP contribution in [0.15, 0.2) is 66.7 Å². The normalized spacial score (nSPS) is 11.1. The highest BCUT2D eigenvalue weighted by atomic mass is 16.5. The summed E-state index contributed by atoms with van der Waals surface area (Å²) in [4.78, 5) is 54.5. The number of rotatable bonds is 63. The van der Waals surface area contributed by atoms with Crippen molar-refractivity contribution in [2.24, 2.45) is 0 Å². The van der Waals surface area contributed by atoms with E-state index in [1.54, 1.807) is 12.1 Å². The van der Waals surface area contributed by atoms with Gasteiger partial charge >= 0.3 is 23.9 Å². The molecule has 0 saturated carbocycles. The third kappa shape index (κ3) is 51.3. The van der Waals surface area contributed by atoms with Gasteiger partial charge in [0.1, 0.15) is 6.10 Å². The summed E-state index contributed by atoms with van der Waals surface area (Å²) in [7, 11) is 0. The Bertz CT molecular complexity index is 2130. The number of aliphatic hydroxyl groups is 3. The van der Waals surface area contributed by atoms with E-state index >= 15 is 0 Å². The van der Waals surface area contributed by atoms with Crippen LogP contribution in [-0.2, 0) is 25.4 Å². The molecule has 3 N–H and O–H groups in total. The quantitative estimate of drug-likeness (QED) is 0.0280. The molecule has 0 unspecified atom stereocenters. The van der Waals surface area contributed by atoms with Crippen LogP contribution in [0.4, 0.5) is 0 Å². The number of unbranched alkanes of at least 4 members (excludes halogenated alkanes) is 45. The van der Waals surface area contributed by atoms with Crippen molar-refractivity contribution in [3.8, 4) is 0 Å². The molecule has 0 aromatic heterocycles. The molecule has 0 aliphatic rings. The van der Waals surface area contributed by atoms with E-state index < -0.39 is 30.0 Å². The first kappa shape index (κ1) is 90.4. The minimum atomic E-state index is -1.31. The summed E-state index contributed by atoms with van der Waals surface area (Å²) in [6, 6.07) is 19.6. The summed E-state index contributed by atoms with van der Waals surface area (Å²) in [6.45, 7) is 12.8. The second kappa shape index (κ2) is 68.5. The smallest absolute Gasteiger partial charge is 0.339 e. The summed E-state index contributed by atoms with van der Waals surface area (Å²) in [6.07, 6.45) is 60.1. The van der Waals surface area contributed by atoms with E-state index in [1.807, 2.05) is 6.07 Å². The van der Waals surface area contributed by atoms with E-state index in [0.29, 0.717) is 37.2 Å². The summed E-state index contributed by atoms with van der Waals surface area (Å²) < 4.78 is 22.9. The number of carbonyl (C=O) groups is 4. The molecule has 11 heteroatoms. The summed E-state index contributed by atoms with van der Waals surface area (Å²) in [5.41, 5.74) is 2.23. The van der Waals surface area contributed by atoms with Crippen molar-refractivity contribution in [2.45, 2.75) is 375 Å². The molecule has 3 rings (SSSR count). The molecule has 3 aromatic rings. The summed E-state index contributed by atoms with van der Waals surface area (Å²) in [5, 5.41) is 29.0. The van der Waals surface area contributed by atoms with Gasteiger partial charge < -0.3 is 34.3 Å². The maximum atomic E-state index is 13.7. The molecular formula is C86H146O11. The molecule has 556 valence electrons. The van der Waals surface area contributed by atoms with E-state index in [4.69, 9.17) is 29.2 Å². The lowest BCUT2D eigenvalue weighted by Crippen LogP contribution is -2.17. The summed E-state index contributed by atoms with van der Waals surface area (Å²) >= 11 is 0. The molecule has 0 fully saturated rings. The van der Waals surface area contributed by atoms with Crippen molar-refractivity contribution < 1.29 is 53.4 Å². The van der Waals surface area contributed by atoms with E-state index in [9.17, 15) is 24.3 Å². The van der Waals surface area contributed by atoms with Crippen molar-refractivity contribution in [2.75, 3.05) is 39.6 Å². The zero-order valence-corrected chi connectivity index (χ0v) is 63.0. The zero-order chi connectivity index (χ0) is 70.5. The Morgan fingerprint density at radius 1 is 0.278 bits per heavy atom. The van der Waals surface area contributed by atoms with Gasteiger partial charge in [-0.05, 0) is 92.3 Å². The van der Waals surface area contributed by atoms with Crippen LogP contribution in [-0.4, -0.2) is 78.8 Å². The molecular weight excluding hydrogens is 1210 g/mol. The number of benzene rings is 3. The van der Waals surface area contributed by atoms with Crippen LogP contribution in [0.1, 0.15) is 426 Å². The minimum Gasteiger partial charge on any atom is -0.462 e. The number of carbonyl (C=O) groups excluding carboxylic acids is 4. The molecule has 3 aromatic carbocycles. The Morgan fingerprint density at radius 2 is 0.505 bits per heavy atom. The van der Waals surface area contributed by atoms with E-state index in [1.165, 1.54) is 248 Å². The second-order valence-electron chi connectivity index (χ2n) is 27.5.